The Labute approximate surface area is 162 Å². The molecule has 7 heteroatoms. The molecule has 0 amide bonds. The number of halogens is 1. The molecule has 6 nitrogen and oxygen atoms in total. The van der Waals surface area contributed by atoms with Gasteiger partial charge < -0.3 is 15.2 Å². The molecule has 3 rings (SSSR count). The van der Waals surface area contributed by atoms with E-state index in [0.29, 0.717) is 12.6 Å². The quantitative estimate of drug-likeness (QED) is 0.424. The first-order chi connectivity index (χ1) is 11.3. The van der Waals surface area contributed by atoms with Crippen LogP contribution in [0, 0.1) is 5.92 Å². The fourth-order valence-corrected chi connectivity index (χ4v) is 3.55. The predicted molar refractivity (Wildman–Crippen MR) is 108 cm³/mol. The van der Waals surface area contributed by atoms with E-state index in [1.165, 1.54) is 38.5 Å². The van der Waals surface area contributed by atoms with Gasteiger partial charge in [0.05, 0.1) is 0 Å². The van der Waals surface area contributed by atoms with Crippen LogP contribution in [0.2, 0.25) is 0 Å². The van der Waals surface area contributed by atoms with Gasteiger partial charge in [-0.3, -0.25) is 0 Å². The highest BCUT2D eigenvalue weighted by molar-refractivity contribution is 14.0. The Kier molecular flexibility index (Phi) is 7.77. The predicted octanol–water partition coefficient (Wildman–Crippen LogP) is 2.87. The summed E-state index contributed by atoms with van der Waals surface area (Å²) >= 11 is 0. The van der Waals surface area contributed by atoms with Crippen LogP contribution in [0.3, 0.4) is 0 Å². The van der Waals surface area contributed by atoms with Crippen LogP contribution in [-0.2, 0) is 19.5 Å². The number of hydrogen-bond acceptors (Lipinski definition) is 3. The van der Waals surface area contributed by atoms with Gasteiger partial charge in [-0.1, -0.05) is 6.92 Å². The zero-order valence-electron chi connectivity index (χ0n) is 14.9. The van der Waals surface area contributed by atoms with Crippen LogP contribution in [0.4, 0.5) is 0 Å². The maximum Gasteiger partial charge on any atom is 0.191 e. The summed E-state index contributed by atoms with van der Waals surface area (Å²) in [4.78, 5) is 4.75. The molecule has 1 aliphatic carbocycles. The summed E-state index contributed by atoms with van der Waals surface area (Å²) in [5.74, 6) is 3.91. The molecule has 0 saturated heterocycles. The van der Waals surface area contributed by atoms with Crippen molar-refractivity contribution in [2.75, 3.05) is 6.54 Å². The SMILES string of the molecule is CCNC(=NCc1nnc2n1CCCC2)NC1CCC(C)CC1.I. The molecule has 0 unspecified atom stereocenters. The Bertz CT molecular complexity index is 533. The second-order valence-electron chi connectivity index (χ2n) is 6.94. The Morgan fingerprint density at radius 2 is 2.00 bits per heavy atom. The molecule has 1 aromatic rings. The van der Waals surface area contributed by atoms with Gasteiger partial charge in [-0.05, 0) is 51.4 Å². The highest BCUT2D eigenvalue weighted by Crippen LogP contribution is 2.23. The van der Waals surface area contributed by atoms with Crippen LogP contribution in [0.15, 0.2) is 4.99 Å². The van der Waals surface area contributed by atoms with Crippen molar-refractivity contribution in [1.29, 1.82) is 0 Å². The topological polar surface area (TPSA) is 67.1 Å². The van der Waals surface area contributed by atoms with E-state index in [9.17, 15) is 0 Å². The van der Waals surface area contributed by atoms with E-state index < -0.39 is 0 Å². The van der Waals surface area contributed by atoms with Crippen molar-refractivity contribution in [3.63, 3.8) is 0 Å². The van der Waals surface area contributed by atoms with Gasteiger partial charge in [-0.25, -0.2) is 4.99 Å². The molecule has 0 radical (unpaired) electrons. The Hall–Kier alpha value is -0.860. The lowest BCUT2D eigenvalue weighted by atomic mass is 9.87. The minimum Gasteiger partial charge on any atom is -0.357 e. The highest BCUT2D eigenvalue weighted by atomic mass is 127. The van der Waals surface area contributed by atoms with E-state index in [0.717, 1.165) is 43.0 Å². The van der Waals surface area contributed by atoms with Crippen molar-refractivity contribution in [3.05, 3.63) is 11.6 Å². The number of aryl methyl sites for hydroxylation is 1. The number of aliphatic imine (C=N–C) groups is 1. The molecular formula is C17H31IN6. The van der Waals surface area contributed by atoms with Crippen LogP contribution in [0.1, 0.15) is 64.0 Å². The van der Waals surface area contributed by atoms with Crippen molar-refractivity contribution < 1.29 is 0 Å². The molecule has 0 spiro atoms. The summed E-state index contributed by atoms with van der Waals surface area (Å²) in [6.07, 6.45) is 8.61. The van der Waals surface area contributed by atoms with E-state index >= 15 is 0 Å². The summed E-state index contributed by atoms with van der Waals surface area (Å²) in [5, 5.41) is 15.6. The summed E-state index contributed by atoms with van der Waals surface area (Å²) < 4.78 is 2.25. The van der Waals surface area contributed by atoms with Gasteiger partial charge in [0.25, 0.3) is 0 Å². The molecule has 24 heavy (non-hydrogen) atoms. The van der Waals surface area contributed by atoms with Gasteiger partial charge in [0.15, 0.2) is 11.8 Å². The number of nitrogens with zero attached hydrogens (tertiary/aromatic N) is 4. The van der Waals surface area contributed by atoms with Crippen LogP contribution >= 0.6 is 24.0 Å². The third-order valence-electron chi connectivity index (χ3n) is 5.02. The molecule has 2 heterocycles. The lowest BCUT2D eigenvalue weighted by Gasteiger charge is -2.28. The smallest absolute Gasteiger partial charge is 0.191 e. The number of guanidine groups is 1. The molecule has 2 N–H and O–H groups in total. The minimum absolute atomic E-state index is 0. The third-order valence-corrected chi connectivity index (χ3v) is 5.02. The van der Waals surface area contributed by atoms with Crippen molar-refractivity contribution in [1.82, 2.24) is 25.4 Å². The highest BCUT2D eigenvalue weighted by Gasteiger charge is 2.19. The molecule has 1 aliphatic heterocycles. The largest absolute Gasteiger partial charge is 0.357 e. The van der Waals surface area contributed by atoms with Crippen molar-refractivity contribution in [2.45, 2.75) is 77.9 Å². The maximum absolute atomic E-state index is 4.75. The zero-order valence-corrected chi connectivity index (χ0v) is 17.3. The van der Waals surface area contributed by atoms with Gasteiger partial charge in [-0.2, -0.15) is 0 Å². The fourth-order valence-electron chi connectivity index (χ4n) is 3.55. The first kappa shape index (κ1) is 19.5. The first-order valence-corrected chi connectivity index (χ1v) is 9.22. The van der Waals surface area contributed by atoms with Crippen LogP contribution in [-0.4, -0.2) is 33.3 Å². The van der Waals surface area contributed by atoms with E-state index in [2.05, 4.69) is 39.2 Å². The van der Waals surface area contributed by atoms with Gasteiger partial charge in [-0.15, -0.1) is 34.2 Å². The monoisotopic (exact) mass is 446 g/mol. The van der Waals surface area contributed by atoms with Crippen molar-refractivity contribution in [3.8, 4) is 0 Å². The molecule has 1 saturated carbocycles. The van der Waals surface area contributed by atoms with Gasteiger partial charge in [0.1, 0.15) is 12.4 Å². The molecule has 0 atom stereocenters. The summed E-state index contributed by atoms with van der Waals surface area (Å²) in [6.45, 7) is 6.99. The lowest BCUT2D eigenvalue weighted by molar-refractivity contribution is 0.329. The number of fused-ring (bicyclic) bond motifs is 1. The molecular weight excluding hydrogens is 415 g/mol. The van der Waals surface area contributed by atoms with Crippen LogP contribution < -0.4 is 10.6 Å². The molecule has 2 aliphatic rings. The summed E-state index contributed by atoms with van der Waals surface area (Å²) in [5.41, 5.74) is 0. The number of rotatable bonds is 4. The lowest BCUT2D eigenvalue weighted by Crippen LogP contribution is -2.44. The number of aromatic nitrogens is 3. The van der Waals surface area contributed by atoms with E-state index in [4.69, 9.17) is 4.99 Å². The first-order valence-electron chi connectivity index (χ1n) is 9.22. The van der Waals surface area contributed by atoms with Gasteiger partial charge >= 0.3 is 0 Å². The fraction of sp³-hybridized carbons (Fsp3) is 0.824. The molecule has 136 valence electrons. The second-order valence-corrected chi connectivity index (χ2v) is 6.94. The van der Waals surface area contributed by atoms with Gasteiger partial charge in [0, 0.05) is 25.6 Å². The summed E-state index contributed by atoms with van der Waals surface area (Å²) in [6, 6.07) is 0.552. The molecule has 0 bridgehead atoms. The number of hydrogen-bond donors (Lipinski definition) is 2. The molecule has 1 aromatic heterocycles. The standard InChI is InChI=1S/C17H30N6.HI/c1-3-18-17(20-14-9-7-13(2)8-10-14)19-12-16-22-21-15-6-4-5-11-23(15)16;/h13-14H,3-12H2,1-2H3,(H2,18,19,20);1H. The van der Waals surface area contributed by atoms with Gasteiger partial charge in [0.2, 0.25) is 0 Å². The van der Waals surface area contributed by atoms with Crippen molar-refractivity contribution in [2.24, 2.45) is 10.9 Å². The Morgan fingerprint density at radius 1 is 1.21 bits per heavy atom. The third kappa shape index (κ3) is 5.07. The minimum atomic E-state index is 0. The number of nitrogens with one attached hydrogen (secondary N) is 2. The average Bonchev–Trinajstić information content (AvgIpc) is 2.98. The Morgan fingerprint density at radius 3 is 2.75 bits per heavy atom. The van der Waals surface area contributed by atoms with Crippen LogP contribution in [0.25, 0.3) is 0 Å². The molecule has 0 aromatic carbocycles. The average molecular weight is 446 g/mol. The van der Waals surface area contributed by atoms with E-state index in [-0.39, 0.29) is 24.0 Å². The van der Waals surface area contributed by atoms with Crippen LogP contribution in [0.5, 0.6) is 0 Å². The maximum atomic E-state index is 4.75. The van der Waals surface area contributed by atoms with E-state index in [1.807, 2.05) is 0 Å². The normalized spacial score (nSPS) is 24.0. The zero-order chi connectivity index (χ0) is 16.1. The van der Waals surface area contributed by atoms with Crippen molar-refractivity contribution >= 4 is 29.9 Å². The second kappa shape index (κ2) is 9.58. The van der Waals surface area contributed by atoms with E-state index in [1.54, 1.807) is 0 Å². The Balaban J connectivity index is 0.00000208. The molecule has 1 fully saturated rings. The summed E-state index contributed by atoms with van der Waals surface area (Å²) in [7, 11) is 0.